The predicted octanol–water partition coefficient (Wildman–Crippen LogP) is 10.6. The molecule has 546 valence electrons. The minimum Gasteiger partial charge on any atom is -0.493 e. The maximum Gasteiger partial charge on any atom is 0.416 e. The Balaban J connectivity index is 0.869. The minimum atomic E-state index is -1.55. The van der Waals surface area contributed by atoms with Crippen LogP contribution in [0.25, 0.3) is 0 Å². The van der Waals surface area contributed by atoms with E-state index in [1.54, 1.807) is 99.9 Å². The Kier molecular flexibility index (Phi) is 27.1. The number of allylic oxidation sites excluding steroid dienone is 1. The number of carbonyl (C=O) groups excluding carboxylic acids is 10. The summed E-state index contributed by atoms with van der Waals surface area (Å²) < 4.78 is 35.1. The molecule has 4 aromatic rings. The van der Waals surface area contributed by atoms with Gasteiger partial charge in [0.15, 0.2) is 35.5 Å². The number of Topliss-reactive ketones (excluding diaryl/α,β-unsaturated/α-hetero) is 3. The van der Waals surface area contributed by atoms with Gasteiger partial charge in [0.1, 0.15) is 31.4 Å². The van der Waals surface area contributed by atoms with Crippen molar-refractivity contribution >= 4 is 70.5 Å². The predicted molar refractivity (Wildman–Crippen MR) is 380 cm³/mol. The Hall–Kier alpha value is -9.94. The average Bonchev–Trinajstić information content (AvgIpc) is 1.60. The molecule has 0 fully saturated rings. The number of aryl methyl sites for hydroxylation is 1. The second-order valence-corrected chi connectivity index (χ2v) is 27.3. The fraction of sp³-hybridized carbons (Fsp3) is 0.462. The summed E-state index contributed by atoms with van der Waals surface area (Å²) in [5, 5.41) is 29.6. The maximum atomic E-state index is 14.3. The highest BCUT2D eigenvalue weighted by Crippen LogP contribution is 2.43. The third kappa shape index (κ3) is 19.4. The van der Waals surface area contributed by atoms with Gasteiger partial charge in [0.2, 0.25) is 11.8 Å². The van der Waals surface area contributed by atoms with E-state index in [1.165, 1.54) is 35.1 Å². The molecule has 24 heteroatoms. The second-order valence-electron chi connectivity index (χ2n) is 27.3. The molecule has 4 aromatic carbocycles. The number of rotatable bonds is 34. The molecule has 4 aliphatic heterocycles. The van der Waals surface area contributed by atoms with Gasteiger partial charge in [0.05, 0.1) is 79.3 Å². The van der Waals surface area contributed by atoms with Gasteiger partial charge in [-0.1, -0.05) is 106 Å². The van der Waals surface area contributed by atoms with Gasteiger partial charge in [-0.05, 0) is 125 Å². The van der Waals surface area contributed by atoms with Gasteiger partial charge in [-0.3, -0.25) is 38.4 Å². The van der Waals surface area contributed by atoms with Crippen molar-refractivity contribution in [1.29, 1.82) is 0 Å². The van der Waals surface area contributed by atoms with Crippen LogP contribution in [-0.2, 0) is 69.0 Å². The number of nitrogens with zero attached hydrogens (tertiary/aromatic N) is 4. The van der Waals surface area contributed by atoms with E-state index in [-0.39, 0.29) is 134 Å². The third-order valence-electron chi connectivity index (χ3n) is 18.8. The number of amides is 6. The monoisotopic (exact) mass is 1400 g/mol. The molecule has 24 nitrogen and oxygen atoms in total. The van der Waals surface area contributed by atoms with E-state index in [2.05, 4.69) is 23.8 Å². The number of ketones is 3. The van der Waals surface area contributed by atoms with Crippen molar-refractivity contribution in [2.24, 2.45) is 23.7 Å². The van der Waals surface area contributed by atoms with Gasteiger partial charge in [0.25, 0.3) is 11.8 Å². The lowest BCUT2D eigenvalue weighted by atomic mass is 9.88. The Bertz CT molecular complexity index is 3860. The lowest BCUT2D eigenvalue weighted by Crippen LogP contribution is -2.50. The number of fused-ring (bicyclic) bond motifs is 4. The van der Waals surface area contributed by atoms with Crippen molar-refractivity contribution in [2.75, 3.05) is 36.7 Å². The smallest absolute Gasteiger partial charge is 0.416 e. The Morgan fingerprint density at radius 2 is 1.01 bits per heavy atom. The number of hydrogen-bond acceptors (Lipinski definition) is 18. The molecular weight excluding hydrogens is 1310 g/mol. The minimum absolute atomic E-state index is 0.00960. The van der Waals surface area contributed by atoms with Crippen molar-refractivity contribution in [3.05, 3.63) is 161 Å². The van der Waals surface area contributed by atoms with E-state index in [9.17, 15) is 58.2 Å². The Morgan fingerprint density at radius 3 is 1.46 bits per heavy atom. The number of carbonyl (C=O) groups is 10. The van der Waals surface area contributed by atoms with Crippen LogP contribution in [0.15, 0.2) is 122 Å². The van der Waals surface area contributed by atoms with Gasteiger partial charge in [-0.2, -0.15) is 0 Å². The van der Waals surface area contributed by atoms with Gasteiger partial charge in [-0.15, -0.1) is 6.58 Å². The van der Waals surface area contributed by atoms with Crippen LogP contribution >= 0.6 is 0 Å². The number of hydrogen-bond donors (Lipinski definition) is 4. The summed E-state index contributed by atoms with van der Waals surface area (Å²) in [6, 6.07) is 16.4. The number of methoxy groups -OCH3 is 1. The number of aliphatic hydroxyl groups is 2. The van der Waals surface area contributed by atoms with Crippen LogP contribution < -0.4 is 34.6 Å². The number of ether oxygens (including phenoxy) is 6. The topological polar surface area (TPSA) is 304 Å². The molecule has 0 aromatic heterocycles. The molecule has 4 heterocycles. The Morgan fingerprint density at radius 1 is 0.569 bits per heavy atom. The summed E-state index contributed by atoms with van der Waals surface area (Å²) in [6.07, 6.45) is 4.43. The summed E-state index contributed by atoms with van der Waals surface area (Å²) in [5.41, 5.74) is 5.01. The number of aliphatic hydroxyl groups excluding tert-OH is 2. The molecule has 4 aliphatic rings. The van der Waals surface area contributed by atoms with Crippen molar-refractivity contribution < 1.29 is 86.6 Å². The SMILES string of the molecule is C=CCCC(=O)C[C@H](C(=O)N[C@@H](C)C(=O)Cc1ccc(COC(=O)N2c3cc(OCCCCCOc4cc5c(cc4OC)C(=O)N4C=C(C)C[C@H]4[C@H](O)N5C(=O)OCc4ccc(CC(=O)[C@H](C)NC(=O)[C@@H](CC(=O)OCC=C)C(C)C)cc4)c(C)cc3C(=O)N3C=C(C)C[C@H]3[C@@H]2O)cc1)C(C)C. The molecule has 0 bridgehead atoms. The average molecular weight is 1410 g/mol. The molecule has 8 rings (SSSR count). The van der Waals surface area contributed by atoms with Gasteiger partial charge in [-0.25, -0.2) is 19.4 Å². The molecule has 0 spiro atoms. The van der Waals surface area contributed by atoms with Crippen LogP contribution in [0, 0.1) is 30.6 Å². The molecular formula is C78H96N6O18. The fourth-order valence-corrected chi connectivity index (χ4v) is 12.7. The summed E-state index contributed by atoms with van der Waals surface area (Å²) in [7, 11) is 1.42. The zero-order chi connectivity index (χ0) is 74.2. The summed E-state index contributed by atoms with van der Waals surface area (Å²) in [5.74, 6) is -3.63. The summed E-state index contributed by atoms with van der Waals surface area (Å²) in [6.45, 7) is 23.1. The highest BCUT2D eigenvalue weighted by atomic mass is 16.6. The largest absolute Gasteiger partial charge is 0.493 e. The molecule has 6 amide bonds. The van der Waals surface area contributed by atoms with E-state index in [1.807, 2.05) is 41.5 Å². The third-order valence-corrected chi connectivity index (χ3v) is 18.8. The molecule has 8 atom stereocenters. The zero-order valence-corrected chi connectivity index (χ0v) is 60.0. The highest BCUT2D eigenvalue weighted by Gasteiger charge is 2.47. The van der Waals surface area contributed by atoms with Crippen LogP contribution in [0.1, 0.15) is 162 Å². The zero-order valence-electron chi connectivity index (χ0n) is 60.0. The number of unbranched alkanes of at least 4 members (excludes halogenated alkanes) is 2. The van der Waals surface area contributed by atoms with Crippen LogP contribution in [0.3, 0.4) is 0 Å². The van der Waals surface area contributed by atoms with Crippen molar-refractivity contribution in [3.63, 3.8) is 0 Å². The standard InChI is InChI=1S/C78H96N6O18/c1-13-15-19-56(85)36-57(45(3)4)71(89)79-50(10)65(86)34-52-20-24-54(25-21-52)43-101-77(95)83-61-39-67(49(9)33-59(61)73(91)81-41-47(7)31-63(81)75(83)93)98-29-17-16-18-30-99-69-40-62-60(37-68(69)97-12)74(92)82-42-48(8)32-64(82)76(94)84(62)78(96)102-44-55-26-22-53(23-27-55)35-66(87)51(11)80-72(90)58(46(5)6)38-70(88)100-28-14-2/h13-14,20-27,33,37,39-42,45-46,50-51,57-58,63-64,75-76,93-94H,1-2,15-19,28-32,34-36,38,43-44H2,3-12H3,(H,79,89)(H,80,90)/t50-,51-,57-,58-,63-,64-,75-,76-/m0/s1. The van der Waals surface area contributed by atoms with Crippen LogP contribution in [-0.4, -0.2) is 143 Å². The lowest BCUT2D eigenvalue weighted by molar-refractivity contribution is -0.146. The number of anilines is 2. The number of esters is 1. The van der Waals surface area contributed by atoms with Crippen molar-refractivity contribution in [2.45, 2.75) is 183 Å². The van der Waals surface area contributed by atoms with E-state index >= 15 is 0 Å². The van der Waals surface area contributed by atoms with Crippen LogP contribution in [0.2, 0.25) is 0 Å². The summed E-state index contributed by atoms with van der Waals surface area (Å²) >= 11 is 0. The summed E-state index contributed by atoms with van der Waals surface area (Å²) in [4.78, 5) is 140. The first-order chi connectivity index (χ1) is 48.6. The number of nitrogens with one attached hydrogen (secondary N) is 2. The molecule has 102 heavy (non-hydrogen) atoms. The lowest BCUT2D eigenvalue weighted by Gasteiger charge is -2.31. The fourth-order valence-electron chi connectivity index (χ4n) is 12.7. The first-order valence-corrected chi connectivity index (χ1v) is 34.7. The van der Waals surface area contributed by atoms with Gasteiger partial charge < -0.3 is 59.1 Å². The van der Waals surface area contributed by atoms with Crippen LogP contribution in [0.4, 0.5) is 21.0 Å². The van der Waals surface area contributed by atoms with E-state index in [4.69, 9.17) is 28.4 Å². The van der Waals surface area contributed by atoms with Crippen molar-refractivity contribution in [1.82, 2.24) is 20.4 Å². The van der Waals surface area contributed by atoms with E-state index in [0.29, 0.717) is 72.1 Å². The Labute approximate surface area is 596 Å². The number of benzene rings is 4. The van der Waals surface area contributed by atoms with Crippen LogP contribution in [0.5, 0.6) is 17.2 Å². The molecule has 0 saturated heterocycles. The van der Waals surface area contributed by atoms with Crippen molar-refractivity contribution in [3.8, 4) is 17.2 Å². The highest BCUT2D eigenvalue weighted by molar-refractivity contribution is 6.07. The second kappa shape index (κ2) is 35.6. The van der Waals surface area contributed by atoms with E-state index in [0.717, 1.165) is 20.9 Å². The maximum absolute atomic E-state index is 14.3. The molecule has 0 radical (unpaired) electrons. The molecule has 0 unspecified atom stereocenters. The quantitative estimate of drug-likeness (QED) is 0.0146. The van der Waals surface area contributed by atoms with Gasteiger partial charge >= 0.3 is 18.2 Å². The molecule has 0 saturated carbocycles. The normalized spacial score (nSPS) is 18.0. The van der Waals surface area contributed by atoms with E-state index < -0.39 is 84.3 Å². The molecule has 4 N–H and O–H groups in total. The van der Waals surface area contributed by atoms with Gasteiger partial charge in [0, 0.05) is 56.1 Å². The first kappa shape index (κ1) is 77.8. The first-order valence-electron chi connectivity index (χ1n) is 34.7. The molecule has 0 aliphatic carbocycles.